The third kappa shape index (κ3) is 3.30. The quantitative estimate of drug-likeness (QED) is 0.709. The van der Waals surface area contributed by atoms with Crippen LogP contribution in [-0.2, 0) is 6.54 Å². The molecule has 0 bridgehead atoms. The van der Waals surface area contributed by atoms with Gasteiger partial charge in [-0.15, -0.1) is 0 Å². The molecule has 1 unspecified atom stereocenters. The molecule has 4 rings (SSSR count). The van der Waals surface area contributed by atoms with Crippen molar-refractivity contribution in [1.82, 2.24) is 25.2 Å². The molecule has 1 atom stereocenters. The van der Waals surface area contributed by atoms with Crippen LogP contribution in [0.1, 0.15) is 30.3 Å². The first-order valence-electron chi connectivity index (χ1n) is 9.24. The van der Waals surface area contributed by atoms with E-state index in [2.05, 4.69) is 15.6 Å². The van der Waals surface area contributed by atoms with E-state index in [0.29, 0.717) is 23.1 Å². The molecule has 1 fully saturated rings. The maximum Gasteiger partial charge on any atom is 0.318 e. The molecule has 1 saturated heterocycles. The Morgan fingerprint density at radius 2 is 2.11 bits per heavy atom. The van der Waals surface area contributed by atoms with Crippen LogP contribution in [0.2, 0.25) is 0 Å². The second-order valence-electron chi connectivity index (χ2n) is 6.89. The Bertz CT molecular complexity index is 1130. The monoisotopic (exact) mass is 383 g/mol. The SMILES string of the molecule is Cc1cc(C2CCCN2C(=O)NCCn2[nH]c(=O)c3ccccc3c2=O)no1. The van der Waals surface area contributed by atoms with Crippen molar-refractivity contribution in [1.29, 1.82) is 0 Å². The number of urea groups is 1. The zero-order valence-corrected chi connectivity index (χ0v) is 15.5. The topological polar surface area (TPSA) is 113 Å². The van der Waals surface area contributed by atoms with Gasteiger partial charge in [-0.25, -0.2) is 9.48 Å². The van der Waals surface area contributed by atoms with Crippen molar-refractivity contribution in [2.45, 2.75) is 32.4 Å². The fourth-order valence-electron chi connectivity index (χ4n) is 3.64. The molecule has 3 heterocycles. The van der Waals surface area contributed by atoms with E-state index in [1.54, 1.807) is 29.2 Å². The van der Waals surface area contributed by atoms with Gasteiger partial charge >= 0.3 is 6.03 Å². The number of aromatic nitrogens is 3. The largest absolute Gasteiger partial charge is 0.361 e. The Morgan fingerprint density at radius 3 is 2.86 bits per heavy atom. The van der Waals surface area contributed by atoms with Crippen molar-refractivity contribution in [3.05, 3.63) is 62.5 Å². The summed E-state index contributed by atoms with van der Waals surface area (Å²) in [5.74, 6) is 0.710. The highest BCUT2D eigenvalue weighted by Crippen LogP contribution is 2.31. The molecular formula is C19H21N5O4. The summed E-state index contributed by atoms with van der Waals surface area (Å²) in [6, 6.07) is 8.17. The number of aryl methyl sites for hydroxylation is 1. The fourth-order valence-corrected chi connectivity index (χ4v) is 3.64. The summed E-state index contributed by atoms with van der Waals surface area (Å²) in [4.78, 5) is 38.9. The van der Waals surface area contributed by atoms with Gasteiger partial charge in [0.1, 0.15) is 11.5 Å². The lowest BCUT2D eigenvalue weighted by Gasteiger charge is -2.23. The normalized spacial score (nSPS) is 16.6. The highest BCUT2D eigenvalue weighted by Gasteiger charge is 2.31. The molecule has 1 aliphatic rings. The lowest BCUT2D eigenvalue weighted by molar-refractivity contribution is 0.190. The number of likely N-dealkylation sites (tertiary alicyclic amines) is 1. The summed E-state index contributed by atoms with van der Waals surface area (Å²) < 4.78 is 6.35. The smallest absolute Gasteiger partial charge is 0.318 e. The third-order valence-corrected chi connectivity index (χ3v) is 5.00. The van der Waals surface area contributed by atoms with E-state index in [1.807, 2.05) is 13.0 Å². The highest BCUT2D eigenvalue weighted by atomic mass is 16.5. The molecule has 0 saturated carbocycles. The Kier molecular flexibility index (Phi) is 4.72. The lowest BCUT2D eigenvalue weighted by atomic mass is 10.1. The van der Waals surface area contributed by atoms with E-state index in [4.69, 9.17) is 4.52 Å². The minimum atomic E-state index is -0.331. The first-order chi connectivity index (χ1) is 13.5. The van der Waals surface area contributed by atoms with Crippen LogP contribution in [0.4, 0.5) is 4.79 Å². The van der Waals surface area contributed by atoms with Gasteiger partial charge in [-0.1, -0.05) is 17.3 Å². The van der Waals surface area contributed by atoms with Gasteiger partial charge in [0.05, 0.1) is 23.4 Å². The van der Waals surface area contributed by atoms with E-state index < -0.39 is 0 Å². The number of nitrogens with one attached hydrogen (secondary N) is 2. The number of carbonyl (C=O) groups excluding carboxylic acids is 1. The number of amides is 2. The van der Waals surface area contributed by atoms with Crippen LogP contribution in [-0.4, -0.2) is 39.0 Å². The maximum atomic E-state index is 12.6. The fraction of sp³-hybridized carbons (Fsp3) is 0.368. The Hall–Kier alpha value is -3.36. The Morgan fingerprint density at radius 1 is 1.32 bits per heavy atom. The number of aromatic amines is 1. The number of rotatable bonds is 4. The zero-order chi connectivity index (χ0) is 19.7. The summed E-state index contributed by atoms with van der Waals surface area (Å²) in [7, 11) is 0. The summed E-state index contributed by atoms with van der Waals surface area (Å²) in [5.41, 5.74) is 0.129. The molecule has 2 N–H and O–H groups in total. The highest BCUT2D eigenvalue weighted by molar-refractivity contribution is 5.80. The number of hydrogen-bond donors (Lipinski definition) is 2. The van der Waals surface area contributed by atoms with Crippen molar-refractivity contribution in [3.8, 4) is 0 Å². The zero-order valence-electron chi connectivity index (χ0n) is 15.5. The second-order valence-corrected chi connectivity index (χ2v) is 6.89. The Labute approximate surface area is 159 Å². The van der Waals surface area contributed by atoms with E-state index in [0.717, 1.165) is 18.5 Å². The first-order valence-corrected chi connectivity index (χ1v) is 9.24. The Balaban J connectivity index is 1.43. The minimum absolute atomic E-state index is 0.111. The van der Waals surface area contributed by atoms with Crippen LogP contribution in [0.15, 0.2) is 44.4 Å². The van der Waals surface area contributed by atoms with Crippen LogP contribution < -0.4 is 16.4 Å². The van der Waals surface area contributed by atoms with Crippen LogP contribution in [0, 0.1) is 6.92 Å². The first kappa shape index (κ1) is 18.0. The predicted octanol–water partition coefficient (Wildman–Crippen LogP) is 1.53. The van der Waals surface area contributed by atoms with Gasteiger partial charge in [-0.05, 0) is 31.9 Å². The van der Waals surface area contributed by atoms with Crippen LogP contribution >= 0.6 is 0 Å². The number of fused-ring (bicyclic) bond motifs is 1. The van der Waals surface area contributed by atoms with E-state index in [-0.39, 0.29) is 36.3 Å². The number of nitrogens with zero attached hydrogens (tertiary/aromatic N) is 3. The summed E-state index contributed by atoms with van der Waals surface area (Å²) in [5, 5.41) is 10.1. The molecule has 1 aromatic carbocycles. The molecule has 28 heavy (non-hydrogen) atoms. The van der Waals surface area contributed by atoms with Gasteiger partial charge in [0.2, 0.25) is 0 Å². The molecular weight excluding hydrogens is 362 g/mol. The average molecular weight is 383 g/mol. The van der Waals surface area contributed by atoms with Gasteiger partial charge in [-0.2, -0.15) is 0 Å². The van der Waals surface area contributed by atoms with Crippen molar-refractivity contribution < 1.29 is 9.32 Å². The van der Waals surface area contributed by atoms with E-state index in [9.17, 15) is 14.4 Å². The van der Waals surface area contributed by atoms with Gasteiger partial charge in [0, 0.05) is 19.2 Å². The predicted molar refractivity (Wildman–Crippen MR) is 102 cm³/mol. The number of hydrogen-bond acceptors (Lipinski definition) is 5. The van der Waals surface area contributed by atoms with E-state index >= 15 is 0 Å². The van der Waals surface area contributed by atoms with Gasteiger partial charge in [0.15, 0.2) is 0 Å². The second kappa shape index (κ2) is 7.34. The van der Waals surface area contributed by atoms with Crippen LogP contribution in [0.3, 0.4) is 0 Å². The molecule has 0 spiro atoms. The molecule has 2 aromatic heterocycles. The number of carbonyl (C=O) groups is 1. The molecule has 0 aliphatic carbocycles. The minimum Gasteiger partial charge on any atom is -0.361 e. The molecule has 3 aromatic rings. The van der Waals surface area contributed by atoms with Gasteiger partial charge < -0.3 is 14.7 Å². The number of benzene rings is 1. The van der Waals surface area contributed by atoms with Crippen molar-refractivity contribution >= 4 is 16.8 Å². The summed E-state index contributed by atoms with van der Waals surface area (Å²) in [6.07, 6.45) is 1.72. The molecule has 146 valence electrons. The summed E-state index contributed by atoms with van der Waals surface area (Å²) in [6.45, 7) is 2.84. The van der Waals surface area contributed by atoms with Crippen LogP contribution in [0.5, 0.6) is 0 Å². The third-order valence-electron chi connectivity index (χ3n) is 5.00. The van der Waals surface area contributed by atoms with Gasteiger partial charge in [0.25, 0.3) is 11.1 Å². The van der Waals surface area contributed by atoms with Gasteiger partial charge in [-0.3, -0.25) is 14.7 Å². The molecule has 9 nitrogen and oxygen atoms in total. The van der Waals surface area contributed by atoms with Crippen LogP contribution in [0.25, 0.3) is 10.8 Å². The van der Waals surface area contributed by atoms with Crippen molar-refractivity contribution in [2.75, 3.05) is 13.1 Å². The van der Waals surface area contributed by atoms with Crippen molar-refractivity contribution in [3.63, 3.8) is 0 Å². The standard InChI is InChI=1S/C19H21N5O4/c1-12-11-15(22-28-12)16-7-4-9-23(16)19(27)20-8-10-24-18(26)14-6-3-2-5-13(14)17(25)21-24/h2-3,5-6,11,16H,4,7-10H2,1H3,(H,20,27)(H,21,25). The van der Waals surface area contributed by atoms with E-state index in [1.165, 1.54) is 4.68 Å². The lowest BCUT2D eigenvalue weighted by Crippen LogP contribution is -2.42. The molecule has 1 aliphatic heterocycles. The average Bonchev–Trinajstić information content (AvgIpc) is 3.34. The summed E-state index contributed by atoms with van der Waals surface area (Å²) >= 11 is 0. The number of H-pyrrole nitrogens is 1. The molecule has 0 radical (unpaired) electrons. The maximum absolute atomic E-state index is 12.6. The van der Waals surface area contributed by atoms with Crippen molar-refractivity contribution in [2.24, 2.45) is 0 Å². The molecule has 2 amide bonds. The molecule has 9 heteroatoms.